The van der Waals surface area contributed by atoms with Gasteiger partial charge in [-0.15, -0.1) is 0 Å². The quantitative estimate of drug-likeness (QED) is 0.478. The number of piperazine rings is 1. The SMILES string of the molecule is O=C(CC(=O)N1CCCC1C(=O)N1CCN(c2cc(N3CCCC3)nc(N3CCCC3)n2)CC1)NCc1ccccc1. The van der Waals surface area contributed by atoms with Crippen molar-refractivity contribution in [2.75, 3.05) is 73.6 Å². The molecule has 1 unspecified atom stereocenters. The van der Waals surface area contributed by atoms with Crippen molar-refractivity contribution in [2.45, 2.75) is 57.5 Å². The van der Waals surface area contributed by atoms with Gasteiger partial charge in [0.25, 0.3) is 0 Å². The molecule has 1 aromatic heterocycles. The third-order valence-electron chi connectivity index (χ3n) is 8.92. The van der Waals surface area contributed by atoms with E-state index in [1.807, 2.05) is 35.2 Å². The Morgan fingerprint density at radius 3 is 2.02 bits per heavy atom. The lowest BCUT2D eigenvalue weighted by atomic mass is 10.1. The lowest BCUT2D eigenvalue weighted by molar-refractivity contribution is -0.145. The maximum absolute atomic E-state index is 13.6. The van der Waals surface area contributed by atoms with E-state index in [4.69, 9.17) is 9.97 Å². The molecule has 5 heterocycles. The van der Waals surface area contributed by atoms with Crippen molar-refractivity contribution in [3.05, 3.63) is 42.0 Å². The van der Waals surface area contributed by atoms with Gasteiger partial charge in [0.2, 0.25) is 23.7 Å². The Morgan fingerprint density at radius 2 is 1.36 bits per heavy atom. The molecule has 0 saturated carbocycles. The molecular formula is C31H42N8O3. The highest BCUT2D eigenvalue weighted by Crippen LogP contribution is 2.28. The summed E-state index contributed by atoms with van der Waals surface area (Å²) in [5.74, 6) is 2.15. The Kier molecular flexibility index (Phi) is 8.71. The second-order valence-electron chi connectivity index (χ2n) is 11.8. The number of hydrogen-bond donors (Lipinski definition) is 1. The van der Waals surface area contributed by atoms with Gasteiger partial charge >= 0.3 is 0 Å². The van der Waals surface area contributed by atoms with E-state index in [0.717, 1.165) is 55.7 Å². The molecule has 4 saturated heterocycles. The molecule has 11 heteroatoms. The van der Waals surface area contributed by atoms with E-state index < -0.39 is 6.04 Å². The summed E-state index contributed by atoms with van der Waals surface area (Å²) >= 11 is 0. The van der Waals surface area contributed by atoms with Gasteiger partial charge in [-0.05, 0) is 44.1 Å². The van der Waals surface area contributed by atoms with Crippen molar-refractivity contribution in [3.63, 3.8) is 0 Å². The molecule has 0 aliphatic carbocycles. The zero-order chi connectivity index (χ0) is 28.9. The smallest absolute Gasteiger partial charge is 0.245 e. The monoisotopic (exact) mass is 574 g/mol. The number of rotatable bonds is 8. The predicted molar refractivity (Wildman–Crippen MR) is 161 cm³/mol. The fraction of sp³-hybridized carbons (Fsp3) is 0.581. The van der Waals surface area contributed by atoms with Crippen LogP contribution in [-0.2, 0) is 20.9 Å². The molecule has 4 aliphatic rings. The van der Waals surface area contributed by atoms with Crippen molar-refractivity contribution in [2.24, 2.45) is 0 Å². The molecule has 3 amide bonds. The number of hydrogen-bond acceptors (Lipinski definition) is 8. The molecule has 0 radical (unpaired) electrons. The fourth-order valence-electron chi connectivity index (χ4n) is 6.53. The van der Waals surface area contributed by atoms with E-state index in [2.05, 4.69) is 26.1 Å². The summed E-state index contributed by atoms with van der Waals surface area (Å²) in [5.41, 5.74) is 0.980. The Labute approximate surface area is 247 Å². The number of benzene rings is 1. The average molecular weight is 575 g/mol. The topological polar surface area (TPSA) is 105 Å². The van der Waals surface area contributed by atoms with E-state index in [1.54, 1.807) is 4.90 Å². The number of carbonyl (C=O) groups excluding carboxylic acids is 3. The van der Waals surface area contributed by atoms with Crippen LogP contribution in [0.3, 0.4) is 0 Å². The summed E-state index contributed by atoms with van der Waals surface area (Å²) in [7, 11) is 0. The van der Waals surface area contributed by atoms with E-state index in [0.29, 0.717) is 45.7 Å². The van der Waals surface area contributed by atoms with Crippen LogP contribution in [0.25, 0.3) is 0 Å². The van der Waals surface area contributed by atoms with Gasteiger partial charge in [0.1, 0.15) is 24.1 Å². The van der Waals surface area contributed by atoms with Gasteiger partial charge in [-0.3, -0.25) is 14.4 Å². The van der Waals surface area contributed by atoms with Crippen LogP contribution in [0.1, 0.15) is 50.5 Å². The Morgan fingerprint density at radius 1 is 0.738 bits per heavy atom. The van der Waals surface area contributed by atoms with E-state index >= 15 is 0 Å². The first-order valence-electron chi connectivity index (χ1n) is 15.6. The van der Waals surface area contributed by atoms with Gasteiger partial charge in [0, 0.05) is 71.5 Å². The standard InChI is InChI=1S/C31H42N8O3/c40-28(32-23-24-9-2-1-3-10-24)22-29(41)39-16-8-11-25(39)30(42)37-19-17-36(18-20-37)27-21-26(35-12-4-5-13-35)33-31(34-27)38-14-6-7-15-38/h1-3,9-10,21,25H,4-8,11-20,22-23H2,(H,32,40). The molecule has 2 aromatic rings. The molecule has 4 aliphatic heterocycles. The van der Waals surface area contributed by atoms with Gasteiger partial charge in [-0.1, -0.05) is 30.3 Å². The number of aromatic nitrogens is 2. The number of carbonyl (C=O) groups is 3. The number of nitrogens with one attached hydrogen (secondary N) is 1. The van der Waals surface area contributed by atoms with Crippen LogP contribution < -0.4 is 20.0 Å². The minimum Gasteiger partial charge on any atom is -0.356 e. The van der Waals surface area contributed by atoms with Crippen LogP contribution in [-0.4, -0.2) is 102 Å². The lowest BCUT2D eigenvalue weighted by Gasteiger charge is -2.38. The third-order valence-corrected chi connectivity index (χ3v) is 8.92. The highest BCUT2D eigenvalue weighted by atomic mass is 16.2. The number of amides is 3. The first-order chi connectivity index (χ1) is 20.5. The van der Waals surface area contributed by atoms with Crippen molar-refractivity contribution < 1.29 is 14.4 Å². The number of nitrogens with zero attached hydrogens (tertiary/aromatic N) is 7. The predicted octanol–water partition coefficient (Wildman–Crippen LogP) is 2.02. The molecule has 0 bridgehead atoms. The highest BCUT2D eigenvalue weighted by molar-refractivity contribution is 5.99. The van der Waals surface area contributed by atoms with Crippen LogP contribution in [0.4, 0.5) is 17.6 Å². The zero-order valence-electron chi connectivity index (χ0n) is 24.4. The van der Waals surface area contributed by atoms with Gasteiger partial charge in [-0.25, -0.2) is 0 Å². The molecule has 224 valence electrons. The minimum atomic E-state index is -0.492. The maximum Gasteiger partial charge on any atom is 0.245 e. The van der Waals surface area contributed by atoms with Crippen molar-refractivity contribution in [1.29, 1.82) is 0 Å². The van der Waals surface area contributed by atoms with Gasteiger partial charge < -0.3 is 29.8 Å². The van der Waals surface area contributed by atoms with Crippen LogP contribution in [0.5, 0.6) is 0 Å². The number of anilines is 3. The number of likely N-dealkylation sites (tertiary alicyclic amines) is 1. The van der Waals surface area contributed by atoms with Crippen molar-refractivity contribution in [1.82, 2.24) is 25.1 Å². The van der Waals surface area contributed by atoms with E-state index in [9.17, 15) is 14.4 Å². The molecule has 4 fully saturated rings. The molecule has 1 atom stereocenters. The van der Waals surface area contributed by atoms with Gasteiger partial charge in [0.15, 0.2) is 0 Å². The molecule has 1 aromatic carbocycles. The summed E-state index contributed by atoms with van der Waals surface area (Å²) in [6.45, 7) is 7.48. The summed E-state index contributed by atoms with van der Waals surface area (Å²) in [4.78, 5) is 59.4. The van der Waals surface area contributed by atoms with E-state index in [-0.39, 0.29) is 24.1 Å². The first-order valence-corrected chi connectivity index (χ1v) is 15.6. The normalized spacial score (nSPS) is 20.9. The zero-order valence-corrected chi connectivity index (χ0v) is 24.4. The van der Waals surface area contributed by atoms with Crippen LogP contribution >= 0.6 is 0 Å². The largest absolute Gasteiger partial charge is 0.356 e. The third kappa shape index (κ3) is 6.44. The second kappa shape index (κ2) is 13.0. The van der Waals surface area contributed by atoms with Crippen LogP contribution in [0.15, 0.2) is 36.4 Å². The van der Waals surface area contributed by atoms with Crippen molar-refractivity contribution in [3.8, 4) is 0 Å². The van der Waals surface area contributed by atoms with Crippen LogP contribution in [0, 0.1) is 0 Å². The van der Waals surface area contributed by atoms with Crippen molar-refractivity contribution >= 4 is 35.3 Å². The molecule has 1 N–H and O–H groups in total. The molecule has 42 heavy (non-hydrogen) atoms. The van der Waals surface area contributed by atoms with Gasteiger partial charge in [-0.2, -0.15) is 9.97 Å². The Bertz CT molecular complexity index is 1220. The van der Waals surface area contributed by atoms with Gasteiger partial charge in [0.05, 0.1) is 0 Å². The fourth-order valence-corrected chi connectivity index (χ4v) is 6.53. The molecule has 6 rings (SSSR count). The summed E-state index contributed by atoms with van der Waals surface area (Å²) in [5, 5.41) is 2.82. The Balaban J connectivity index is 1.05. The van der Waals surface area contributed by atoms with Crippen LogP contribution in [0.2, 0.25) is 0 Å². The molecule has 0 spiro atoms. The summed E-state index contributed by atoms with van der Waals surface area (Å²) in [6, 6.07) is 11.2. The minimum absolute atomic E-state index is 0.0107. The first kappa shape index (κ1) is 28.2. The molecular weight excluding hydrogens is 532 g/mol. The van der Waals surface area contributed by atoms with E-state index in [1.165, 1.54) is 25.7 Å². The average Bonchev–Trinajstić information content (AvgIpc) is 3.83. The highest BCUT2D eigenvalue weighted by Gasteiger charge is 2.38. The lowest BCUT2D eigenvalue weighted by Crippen LogP contribution is -2.55. The summed E-state index contributed by atoms with van der Waals surface area (Å²) < 4.78 is 0. The summed E-state index contributed by atoms with van der Waals surface area (Å²) in [6.07, 6.45) is 5.90. The Hall–Kier alpha value is -3.89. The molecule has 11 nitrogen and oxygen atoms in total. The second-order valence-corrected chi connectivity index (χ2v) is 11.8. The maximum atomic E-state index is 13.6.